The van der Waals surface area contributed by atoms with Gasteiger partial charge in [0.05, 0.1) is 5.69 Å². The lowest BCUT2D eigenvalue weighted by Crippen LogP contribution is -2.21. The third-order valence-electron chi connectivity index (χ3n) is 1.93. The summed E-state index contributed by atoms with van der Waals surface area (Å²) in [4.78, 5) is 15.1. The highest BCUT2D eigenvalue weighted by Crippen LogP contribution is 2.11. The van der Waals surface area contributed by atoms with E-state index in [2.05, 4.69) is 4.98 Å². The quantitative estimate of drug-likeness (QED) is 0.793. The van der Waals surface area contributed by atoms with Crippen LogP contribution in [0.25, 0.3) is 5.69 Å². The van der Waals surface area contributed by atoms with Crippen LogP contribution in [0.5, 0.6) is 0 Å². The van der Waals surface area contributed by atoms with E-state index >= 15 is 0 Å². The molecule has 1 heterocycles. The number of hydrogen-bond donors (Lipinski definition) is 1. The zero-order chi connectivity index (χ0) is 10.8. The van der Waals surface area contributed by atoms with Crippen molar-refractivity contribution in [3.05, 3.63) is 52.0 Å². The fourth-order valence-corrected chi connectivity index (χ4v) is 1.34. The van der Waals surface area contributed by atoms with Crippen LogP contribution in [0.2, 0.25) is 5.02 Å². The molecule has 0 aliphatic carbocycles. The van der Waals surface area contributed by atoms with E-state index in [4.69, 9.17) is 17.3 Å². The molecule has 0 aliphatic rings. The van der Waals surface area contributed by atoms with Crippen LogP contribution in [0, 0.1) is 0 Å². The first-order chi connectivity index (χ1) is 7.16. The molecule has 76 valence electrons. The molecule has 1 aromatic carbocycles. The molecule has 0 saturated heterocycles. The van der Waals surface area contributed by atoms with Crippen LogP contribution in [-0.2, 0) is 0 Å². The molecular formula is C10H8ClN3O. The van der Waals surface area contributed by atoms with Crippen molar-refractivity contribution in [2.45, 2.75) is 0 Å². The van der Waals surface area contributed by atoms with Gasteiger partial charge in [-0.2, -0.15) is 4.98 Å². The number of hydrogen-bond acceptors (Lipinski definition) is 3. The zero-order valence-electron chi connectivity index (χ0n) is 7.72. The van der Waals surface area contributed by atoms with Crippen molar-refractivity contribution >= 4 is 17.4 Å². The fourth-order valence-electron chi connectivity index (χ4n) is 1.21. The maximum Gasteiger partial charge on any atom is 0.354 e. The largest absolute Gasteiger partial charge is 0.383 e. The Hall–Kier alpha value is -1.81. The summed E-state index contributed by atoms with van der Waals surface area (Å²) in [5, 5.41) is 0.621. The summed E-state index contributed by atoms with van der Waals surface area (Å²) in [6, 6.07) is 8.46. The fraction of sp³-hybridized carbons (Fsp3) is 0. The number of halogens is 1. The van der Waals surface area contributed by atoms with Crippen molar-refractivity contribution in [1.29, 1.82) is 0 Å². The third-order valence-corrected chi connectivity index (χ3v) is 2.18. The summed E-state index contributed by atoms with van der Waals surface area (Å²) in [6.45, 7) is 0. The highest BCUT2D eigenvalue weighted by Gasteiger charge is 2.00. The van der Waals surface area contributed by atoms with E-state index in [1.54, 1.807) is 36.5 Å². The number of nitrogen functional groups attached to an aromatic ring is 1. The van der Waals surface area contributed by atoms with Crippen molar-refractivity contribution in [3.8, 4) is 5.69 Å². The highest BCUT2D eigenvalue weighted by molar-refractivity contribution is 6.30. The number of anilines is 1. The Bertz CT molecular complexity index is 533. The van der Waals surface area contributed by atoms with Crippen molar-refractivity contribution < 1.29 is 0 Å². The minimum atomic E-state index is -0.405. The Morgan fingerprint density at radius 1 is 1.20 bits per heavy atom. The molecule has 0 bridgehead atoms. The first-order valence-corrected chi connectivity index (χ1v) is 4.66. The van der Waals surface area contributed by atoms with E-state index in [1.165, 1.54) is 4.57 Å². The lowest BCUT2D eigenvalue weighted by atomic mass is 10.3. The Morgan fingerprint density at radius 2 is 1.87 bits per heavy atom. The number of nitrogens with zero attached hydrogens (tertiary/aromatic N) is 2. The van der Waals surface area contributed by atoms with Gasteiger partial charge in [-0.15, -0.1) is 0 Å². The Balaban J connectivity index is 2.55. The van der Waals surface area contributed by atoms with Crippen molar-refractivity contribution in [1.82, 2.24) is 9.55 Å². The first-order valence-electron chi connectivity index (χ1n) is 4.28. The summed E-state index contributed by atoms with van der Waals surface area (Å²) in [6.07, 6.45) is 1.58. The monoisotopic (exact) mass is 221 g/mol. The van der Waals surface area contributed by atoms with E-state index in [9.17, 15) is 4.79 Å². The Labute approximate surface area is 90.9 Å². The van der Waals surface area contributed by atoms with Gasteiger partial charge in [0.1, 0.15) is 5.82 Å². The maximum absolute atomic E-state index is 11.5. The van der Waals surface area contributed by atoms with Crippen molar-refractivity contribution in [3.63, 3.8) is 0 Å². The zero-order valence-corrected chi connectivity index (χ0v) is 8.48. The lowest BCUT2D eigenvalue weighted by Gasteiger charge is -2.04. The number of rotatable bonds is 1. The van der Waals surface area contributed by atoms with Gasteiger partial charge in [-0.05, 0) is 30.3 Å². The van der Waals surface area contributed by atoms with Gasteiger partial charge >= 0.3 is 5.69 Å². The Morgan fingerprint density at radius 3 is 2.47 bits per heavy atom. The minimum absolute atomic E-state index is 0.213. The second-order valence-electron chi connectivity index (χ2n) is 2.98. The van der Waals surface area contributed by atoms with Crippen LogP contribution in [0.15, 0.2) is 41.3 Å². The maximum atomic E-state index is 11.5. The average Bonchev–Trinajstić information content (AvgIpc) is 2.20. The van der Waals surface area contributed by atoms with Gasteiger partial charge < -0.3 is 5.73 Å². The van der Waals surface area contributed by atoms with Gasteiger partial charge in [-0.1, -0.05) is 11.6 Å². The van der Waals surface area contributed by atoms with Crippen LogP contribution in [0.4, 0.5) is 5.82 Å². The second kappa shape index (κ2) is 3.74. The van der Waals surface area contributed by atoms with E-state index in [-0.39, 0.29) is 5.82 Å². The molecule has 2 N–H and O–H groups in total. The molecule has 1 aromatic heterocycles. The van der Waals surface area contributed by atoms with E-state index < -0.39 is 5.69 Å². The molecule has 0 spiro atoms. The van der Waals surface area contributed by atoms with Gasteiger partial charge in [0.15, 0.2) is 0 Å². The van der Waals surface area contributed by atoms with E-state index in [1.807, 2.05) is 0 Å². The topological polar surface area (TPSA) is 60.9 Å². The summed E-state index contributed by atoms with van der Waals surface area (Å²) < 4.78 is 1.40. The van der Waals surface area contributed by atoms with Crippen LogP contribution in [0.1, 0.15) is 0 Å². The first kappa shape index (κ1) is 9.73. The molecule has 2 rings (SSSR count). The van der Waals surface area contributed by atoms with Gasteiger partial charge in [-0.3, -0.25) is 4.57 Å². The van der Waals surface area contributed by atoms with Crippen LogP contribution in [0.3, 0.4) is 0 Å². The predicted octanol–water partition coefficient (Wildman–Crippen LogP) is 1.47. The van der Waals surface area contributed by atoms with Crippen LogP contribution < -0.4 is 11.4 Å². The molecule has 0 fully saturated rings. The third kappa shape index (κ3) is 1.99. The van der Waals surface area contributed by atoms with Gasteiger partial charge in [0.2, 0.25) is 0 Å². The minimum Gasteiger partial charge on any atom is -0.383 e. The smallest absolute Gasteiger partial charge is 0.354 e. The molecule has 15 heavy (non-hydrogen) atoms. The SMILES string of the molecule is Nc1ccn(-c2ccc(Cl)cc2)c(=O)n1. The van der Waals surface area contributed by atoms with Gasteiger partial charge in [0.25, 0.3) is 0 Å². The van der Waals surface area contributed by atoms with E-state index in [0.29, 0.717) is 10.7 Å². The summed E-state index contributed by atoms with van der Waals surface area (Å²) in [7, 11) is 0. The Kier molecular flexibility index (Phi) is 2.43. The normalized spacial score (nSPS) is 10.2. The van der Waals surface area contributed by atoms with Crippen molar-refractivity contribution in [2.24, 2.45) is 0 Å². The number of aromatic nitrogens is 2. The molecule has 0 atom stereocenters. The van der Waals surface area contributed by atoms with E-state index in [0.717, 1.165) is 0 Å². The van der Waals surface area contributed by atoms with Crippen molar-refractivity contribution in [2.75, 3.05) is 5.73 Å². The lowest BCUT2D eigenvalue weighted by molar-refractivity contribution is 0.920. The molecular weight excluding hydrogens is 214 g/mol. The molecule has 4 nitrogen and oxygen atoms in total. The average molecular weight is 222 g/mol. The van der Waals surface area contributed by atoms with Crippen LogP contribution in [-0.4, -0.2) is 9.55 Å². The summed E-state index contributed by atoms with van der Waals surface area (Å²) in [5.74, 6) is 0.213. The highest BCUT2D eigenvalue weighted by atomic mass is 35.5. The summed E-state index contributed by atoms with van der Waals surface area (Å²) in [5.41, 5.74) is 5.68. The molecule has 0 unspecified atom stereocenters. The second-order valence-corrected chi connectivity index (χ2v) is 3.42. The van der Waals surface area contributed by atoms with Gasteiger partial charge in [0, 0.05) is 11.2 Å². The molecule has 2 aromatic rings. The van der Waals surface area contributed by atoms with Gasteiger partial charge in [-0.25, -0.2) is 4.79 Å². The predicted molar refractivity (Wildman–Crippen MR) is 59.3 cm³/mol. The molecule has 0 saturated carbocycles. The molecule has 5 heteroatoms. The molecule has 0 aliphatic heterocycles. The standard InChI is InChI=1S/C10H8ClN3O/c11-7-1-3-8(4-2-7)14-6-5-9(12)13-10(14)15/h1-6H,(H2,12,13,15). The molecule has 0 amide bonds. The van der Waals surface area contributed by atoms with Crippen LogP contribution >= 0.6 is 11.6 Å². The number of benzene rings is 1. The number of nitrogens with two attached hydrogens (primary N) is 1. The molecule has 0 radical (unpaired) electrons. The summed E-state index contributed by atoms with van der Waals surface area (Å²) >= 11 is 5.74.